The third-order valence-electron chi connectivity index (χ3n) is 6.25. The topological polar surface area (TPSA) is 44.8 Å². The molecule has 0 aromatic heterocycles. The lowest BCUT2D eigenvalue weighted by atomic mass is 9.98. The molecule has 2 atom stereocenters. The van der Waals surface area contributed by atoms with Gasteiger partial charge in [-0.3, -0.25) is 0 Å². The van der Waals surface area contributed by atoms with Crippen LogP contribution in [0.3, 0.4) is 0 Å². The number of aryl methyl sites for hydroxylation is 1. The molecule has 3 aromatic carbocycles. The smallest absolute Gasteiger partial charge is 0.333 e. The average Bonchev–Trinajstić information content (AvgIpc) is 2.83. The molecule has 0 aliphatic rings. The maximum atomic E-state index is 12.3. The summed E-state index contributed by atoms with van der Waals surface area (Å²) < 4.78 is 18.0. The minimum absolute atomic E-state index is 0.211. The standard InChI is InChI=1S/C30H38O4/c1-6-10-23(7-2)15-16-32-19-26(34-30(31)21(3)4)20-33-29-27-12-9-8-11-24(27)18-25-14-13-22(5)17-28(25)29/h8-9,11-14,17-18,23,26H,3,6-7,10,15-16,19-20H2,1-2,4-5H3. The molecule has 0 aliphatic carbocycles. The number of ether oxygens (including phenoxy) is 3. The molecule has 0 radical (unpaired) electrons. The van der Waals surface area contributed by atoms with E-state index in [4.69, 9.17) is 14.2 Å². The lowest BCUT2D eigenvalue weighted by Crippen LogP contribution is -2.30. The molecular formula is C30H38O4. The van der Waals surface area contributed by atoms with Crippen LogP contribution < -0.4 is 4.74 Å². The van der Waals surface area contributed by atoms with Gasteiger partial charge in [0.2, 0.25) is 0 Å². The van der Waals surface area contributed by atoms with Crippen LogP contribution in [0, 0.1) is 12.8 Å². The Morgan fingerprint density at radius 1 is 0.971 bits per heavy atom. The lowest BCUT2D eigenvalue weighted by Gasteiger charge is -2.21. The number of hydrogen-bond donors (Lipinski definition) is 0. The fraction of sp³-hybridized carbons (Fsp3) is 0.433. The Bertz CT molecular complexity index is 1120. The molecule has 0 fully saturated rings. The van der Waals surface area contributed by atoms with Gasteiger partial charge in [-0.15, -0.1) is 0 Å². The Morgan fingerprint density at radius 3 is 2.47 bits per heavy atom. The van der Waals surface area contributed by atoms with Crippen molar-refractivity contribution in [3.63, 3.8) is 0 Å². The molecule has 0 saturated carbocycles. The minimum atomic E-state index is -0.519. The largest absolute Gasteiger partial charge is 0.488 e. The number of rotatable bonds is 13. The van der Waals surface area contributed by atoms with E-state index >= 15 is 0 Å². The van der Waals surface area contributed by atoms with E-state index in [2.05, 4.69) is 63.7 Å². The van der Waals surface area contributed by atoms with Crippen LogP contribution in [0.15, 0.2) is 60.7 Å². The zero-order chi connectivity index (χ0) is 24.5. The molecule has 2 unspecified atom stereocenters. The van der Waals surface area contributed by atoms with Crippen LogP contribution in [-0.2, 0) is 14.3 Å². The van der Waals surface area contributed by atoms with Gasteiger partial charge in [0.25, 0.3) is 0 Å². The van der Waals surface area contributed by atoms with Gasteiger partial charge in [-0.2, -0.15) is 0 Å². The summed E-state index contributed by atoms with van der Waals surface area (Å²) in [6.45, 7) is 13.0. The lowest BCUT2D eigenvalue weighted by molar-refractivity contribution is -0.149. The summed E-state index contributed by atoms with van der Waals surface area (Å²) in [6.07, 6.45) is 4.05. The number of fused-ring (bicyclic) bond motifs is 2. The van der Waals surface area contributed by atoms with Crippen molar-refractivity contribution in [3.8, 4) is 5.75 Å². The zero-order valence-electron chi connectivity index (χ0n) is 21.1. The third-order valence-corrected chi connectivity index (χ3v) is 6.25. The maximum absolute atomic E-state index is 12.3. The second kappa shape index (κ2) is 12.6. The van der Waals surface area contributed by atoms with Crippen molar-refractivity contribution in [1.29, 1.82) is 0 Å². The fourth-order valence-corrected chi connectivity index (χ4v) is 4.26. The summed E-state index contributed by atoms with van der Waals surface area (Å²) in [5.74, 6) is 1.05. The van der Waals surface area contributed by atoms with E-state index in [1.54, 1.807) is 6.92 Å². The number of carbonyl (C=O) groups is 1. The molecule has 182 valence electrons. The van der Waals surface area contributed by atoms with Crippen LogP contribution >= 0.6 is 0 Å². The summed E-state index contributed by atoms with van der Waals surface area (Å²) in [7, 11) is 0. The monoisotopic (exact) mass is 462 g/mol. The molecule has 3 aromatic rings. The van der Waals surface area contributed by atoms with E-state index in [-0.39, 0.29) is 6.61 Å². The number of carbonyl (C=O) groups excluding carboxylic acids is 1. The molecule has 3 rings (SSSR count). The molecule has 0 heterocycles. The first-order chi connectivity index (χ1) is 16.4. The van der Waals surface area contributed by atoms with Crippen LogP contribution in [0.25, 0.3) is 21.5 Å². The maximum Gasteiger partial charge on any atom is 0.333 e. The first-order valence-corrected chi connectivity index (χ1v) is 12.4. The first kappa shape index (κ1) is 25.8. The van der Waals surface area contributed by atoms with Crippen LogP contribution in [0.5, 0.6) is 5.75 Å². The number of hydrogen-bond acceptors (Lipinski definition) is 4. The summed E-state index contributed by atoms with van der Waals surface area (Å²) in [5.41, 5.74) is 1.53. The predicted octanol–water partition coefficient (Wildman–Crippen LogP) is 7.40. The molecular weight excluding hydrogens is 424 g/mol. The van der Waals surface area contributed by atoms with Gasteiger partial charge >= 0.3 is 5.97 Å². The fourth-order valence-electron chi connectivity index (χ4n) is 4.26. The normalized spacial score (nSPS) is 13.1. The highest BCUT2D eigenvalue weighted by Crippen LogP contribution is 2.35. The van der Waals surface area contributed by atoms with Crippen molar-refractivity contribution in [2.45, 2.75) is 59.5 Å². The molecule has 0 saturated heterocycles. The molecule has 34 heavy (non-hydrogen) atoms. The van der Waals surface area contributed by atoms with Crippen molar-refractivity contribution in [1.82, 2.24) is 0 Å². The van der Waals surface area contributed by atoms with E-state index in [0.29, 0.717) is 24.7 Å². The minimum Gasteiger partial charge on any atom is -0.488 e. The van der Waals surface area contributed by atoms with Crippen LogP contribution in [-0.4, -0.2) is 31.9 Å². The molecule has 0 aliphatic heterocycles. The molecule has 4 heteroatoms. The Morgan fingerprint density at radius 2 is 1.74 bits per heavy atom. The number of benzene rings is 3. The van der Waals surface area contributed by atoms with Crippen molar-refractivity contribution in [2.24, 2.45) is 5.92 Å². The van der Waals surface area contributed by atoms with E-state index in [1.807, 2.05) is 12.1 Å². The summed E-state index contributed by atoms with van der Waals surface area (Å²) in [6, 6.07) is 16.7. The average molecular weight is 463 g/mol. The van der Waals surface area contributed by atoms with Gasteiger partial charge in [-0.1, -0.05) is 81.7 Å². The molecule has 0 spiro atoms. The van der Waals surface area contributed by atoms with Crippen molar-refractivity contribution in [2.75, 3.05) is 19.8 Å². The van der Waals surface area contributed by atoms with Gasteiger partial charge < -0.3 is 14.2 Å². The zero-order valence-corrected chi connectivity index (χ0v) is 21.1. The van der Waals surface area contributed by atoms with Gasteiger partial charge in [0, 0.05) is 23.0 Å². The first-order valence-electron chi connectivity index (χ1n) is 12.4. The van der Waals surface area contributed by atoms with Gasteiger partial charge in [-0.05, 0) is 49.1 Å². The van der Waals surface area contributed by atoms with E-state index in [9.17, 15) is 4.79 Å². The van der Waals surface area contributed by atoms with Crippen LogP contribution in [0.1, 0.15) is 52.0 Å². The Balaban J connectivity index is 1.77. The van der Waals surface area contributed by atoms with Gasteiger partial charge in [0.15, 0.2) is 6.10 Å². The quantitative estimate of drug-likeness (QED) is 0.115. The van der Waals surface area contributed by atoms with Crippen LogP contribution in [0.4, 0.5) is 0 Å². The van der Waals surface area contributed by atoms with Crippen molar-refractivity contribution in [3.05, 3.63) is 66.2 Å². The molecule has 0 bridgehead atoms. The highest BCUT2D eigenvalue weighted by molar-refractivity contribution is 6.05. The van der Waals surface area contributed by atoms with E-state index in [1.165, 1.54) is 18.4 Å². The van der Waals surface area contributed by atoms with E-state index < -0.39 is 12.1 Å². The van der Waals surface area contributed by atoms with Crippen LogP contribution in [0.2, 0.25) is 0 Å². The summed E-state index contributed by atoms with van der Waals surface area (Å²) >= 11 is 0. The summed E-state index contributed by atoms with van der Waals surface area (Å²) in [4.78, 5) is 12.3. The Labute approximate surface area is 203 Å². The van der Waals surface area contributed by atoms with Crippen molar-refractivity contribution < 1.29 is 19.0 Å². The third kappa shape index (κ3) is 6.83. The number of esters is 1. The molecule has 0 N–H and O–H groups in total. The second-order valence-corrected chi connectivity index (χ2v) is 9.20. The second-order valence-electron chi connectivity index (χ2n) is 9.20. The highest BCUT2D eigenvalue weighted by atomic mass is 16.6. The van der Waals surface area contributed by atoms with Gasteiger partial charge in [0.05, 0.1) is 6.61 Å². The van der Waals surface area contributed by atoms with Gasteiger partial charge in [-0.25, -0.2) is 4.79 Å². The SMILES string of the molecule is C=C(C)C(=O)OC(COCCC(CC)CCC)COc1c2ccccc2cc2ccc(C)cc12. The Hall–Kier alpha value is -2.85. The Kier molecular flexibility index (Phi) is 9.52. The molecule has 0 amide bonds. The predicted molar refractivity (Wildman–Crippen MR) is 141 cm³/mol. The van der Waals surface area contributed by atoms with Gasteiger partial charge in [0.1, 0.15) is 12.4 Å². The molecule has 4 nitrogen and oxygen atoms in total. The van der Waals surface area contributed by atoms with E-state index in [0.717, 1.165) is 40.1 Å². The highest BCUT2D eigenvalue weighted by Gasteiger charge is 2.19. The summed E-state index contributed by atoms with van der Waals surface area (Å²) in [5, 5.41) is 4.32. The van der Waals surface area contributed by atoms with Crippen molar-refractivity contribution >= 4 is 27.5 Å².